The minimum atomic E-state index is -3.97. The van der Waals surface area contributed by atoms with Crippen LogP contribution in [0.5, 0.6) is 0 Å². The van der Waals surface area contributed by atoms with Crippen molar-refractivity contribution in [1.29, 1.82) is 0 Å². The number of benzene rings is 1. The Kier molecular flexibility index (Phi) is 5.87. The molecule has 2 atom stereocenters. The highest BCUT2D eigenvalue weighted by Crippen LogP contribution is 2.35. The zero-order chi connectivity index (χ0) is 21.4. The molecule has 0 spiro atoms. The number of carbonyl (C=O) groups excluding carboxylic acids is 1. The SMILES string of the molecule is CCC(C)n1cnc(S(=O)(=O)N2CCc3ccccc3C2C(=O)OC(C)(C)C)c1. The molecule has 2 aromatic rings. The molecule has 0 radical (unpaired) electrons. The minimum Gasteiger partial charge on any atom is -0.459 e. The number of esters is 1. The first-order chi connectivity index (χ1) is 13.5. The zero-order valence-corrected chi connectivity index (χ0v) is 18.4. The first kappa shape index (κ1) is 21.5. The van der Waals surface area contributed by atoms with E-state index in [-0.39, 0.29) is 17.6 Å². The number of fused-ring (bicyclic) bond motifs is 1. The number of aromatic nitrogens is 2. The van der Waals surface area contributed by atoms with E-state index in [1.807, 2.05) is 32.0 Å². The molecule has 0 N–H and O–H groups in total. The summed E-state index contributed by atoms with van der Waals surface area (Å²) in [5, 5.41) is -0.0502. The van der Waals surface area contributed by atoms with Gasteiger partial charge in [-0.3, -0.25) is 0 Å². The molecular formula is C21H29N3O4S. The fourth-order valence-corrected chi connectivity index (χ4v) is 4.91. The number of hydrogen-bond donors (Lipinski definition) is 0. The van der Waals surface area contributed by atoms with Crippen LogP contribution in [-0.2, 0) is 26.0 Å². The summed E-state index contributed by atoms with van der Waals surface area (Å²) in [6.45, 7) is 9.53. The lowest BCUT2D eigenvalue weighted by atomic mass is 9.94. The molecule has 8 heteroatoms. The second kappa shape index (κ2) is 7.91. The molecule has 3 rings (SSSR count). The Bertz CT molecular complexity index is 991. The molecule has 2 heterocycles. The molecule has 7 nitrogen and oxygen atoms in total. The number of imidazole rings is 1. The Morgan fingerprint density at radius 3 is 2.66 bits per heavy atom. The molecule has 158 valence electrons. The zero-order valence-electron chi connectivity index (χ0n) is 17.6. The van der Waals surface area contributed by atoms with Gasteiger partial charge in [-0.2, -0.15) is 4.31 Å². The third-order valence-corrected chi connectivity index (χ3v) is 6.87. The summed E-state index contributed by atoms with van der Waals surface area (Å²) in [6, 6.07) is 6.53. The van der Waals surface area contributed by atoms with Crippen LogP contribution < -0.4 is 0 Å². The van der Waals surface area contributed by atoms with Crippen LogP contribution in [0.1, 0.15) is 64.3 Å². The van der Waals surface area contributed by atoms with Crippen molar-refractivity contribution in [1.82, 2.24) is 13.9 Å². The minimum absolute atomic E-state index is 0.0502. The van der Waals surface area contributed by atoms with Crippen molar-refractivity contribution in [2.75, 3.05) is 6.54 Å². The van der Waals surface area contributed by atoms with Gasteiger partial charge in [-0.15, -0.1) is 0 Å². The van der Waals surface area contributed by atoms with E-state index >= 15 is 0 Å². The predicted molar refractivity (Wildman–Crippen MR) is 110 cm³/mol. The fourth-order valence-electron chi connectivity index (χ4n) is 3.43. The van der Waals surface area contributed by atoms with E-state index in [9.17, 15) is 13.2 Å². The summed E-state index contributed by atoms with van der Waals surface area (Å²) in [7, 11) is -3.97. The molecule has 1 aromatic carbocycles. The molecule has 1 aliphatic rings. The molecule has 0 fully saturated rings. The molecule has 29 heavy (non-hydrogen) atoms. The maximum Gasteiger partial charge on any atom is 0.329 e. The second-order valence-electron chi connectivity index (χ2n) is 8.42. The molecule has 0 amide bonds. The van der Waals surface area contributed by atoms with Crippen LogP contribution in [0.25, 0.3) is 0 Å². The third kappa shape index (κ3) is 4.38. The fraction of sp³-hybridized carbons (Fsp3) is 0.524. The number of ether oxygens (including phenoxy) is 1. The average molecular weight is 420 g/mol. The van der Waals surface area contributed by atoms with Crippen molar-refractivity contribution in [2.24, 2.45) is 0 Å². The van der Waals surface area contributed by atoms with Gasteiger partial charge in [0.25, 0.3) is 10.0 Å². The van der Waals surface area contributed by atoms with Crippen LogP contribution in [0, 0.1) is 0 Å². The lowest BCUT2D eigenvalue weighted by Gasteiger charge is -2.35. The van der Waals surface area contributed by atoms with Gasteiger partial charge in [0.05, 0.1) is 6.33 Å². The van der Waals surface area contributed by atoms with Crippen molar-refractivity contribution in [3.63, 3.8) is 0 Å². The molecule has 0 saturated heterocycles. The van der Waals surface area contributed by atoms with Crippen LogP contribution in [0.15, 0.2) is 41.8 Å². The highest BCUT2D eigenvalue weighted by molar-refractivity contribution is 7.89. The lowest BCUT2D eigenvalue weighted by Crippen LogP contribution is -2.45. The highest BCUT2D eigenvalue weighted by Gasteiger charge is 2.43. The molecule has 0 saturated carbocycles. The van der Waals surface area contributed by atoms with Crippen LogP contribution in [0.2, 0.25) is 0 Å². The van der Waals surface area contributed by atoms with Crippen molar-refractivity contribution >= 4 is 16.0 Å². The van der Waals surface area contributed by atoms with Gasteiger partial charge in [-0.05, 0) is 51.7 Å². The van der Waals surface area contributed by atoms with E-state index in [4.69, 9.17) is 4.74 Å². The Labute approximate surface area is 172 Å². The van der Waals surface area contributed by atoms with Gasteiger partial charge < -0.3 is 9.30 Å². The molecule has 1 aliphatic heterocycles. The van der Waals surface area contributed by atoms with Gasteiger partial charge in [0.2, 0.25) is 0 Å². The smallest absolute Gasteiger partial charge is 0.329 e. The second-order valence-corrected chi connectivity index (χ2v) is 10.3. The van der Waals surface area contributed by atoms with Gasteiger partial charge in [0.15, 0.2) is 5.03 Å². The number of sulfonamides is 1. The maximum atomic E-state index is 13.4. The first-order valence-electron chi connectivity index (χ1n) is 9.90. The monoisotopic (exact) mass is 419 g/mol. The van der Waals surface area contributed by atoms with E-state index in [1.165, 1.54) is 16.8 Å². The summed E-state index contributed by atoms with van der Waals surface area (Å²) in [6.07, 6.45) is 4.45. The van der Waals surface area contributed by atoms with Gasteiger partial charge in [-0.1, -0.05) is 31.2 Å². The summed E-state index contributed by atoms with van der Waals surface area (Å²) in [4.78, 5) is 17.2. The van der Waals surface area contributed by atoms with Crippen LogP contribution >= 0.6 is 0 Å². The Balaban J connectivity index is 2.04. The number of carbonyl (C=O) groups is 1. The first-order valence-corrected chi connectivity index (χ1v) is 11.3. The molecular weight excluding hydrogens is 390 g/mol. The van der Waals surface area contributed by atoms with Crippen LogP contribution in [0.4, 0.5) is 0 Å². The Morgan fingerprint density at radius 2 is 2.00 bits per heavy atom. The topological polar surface area (TPSA) is 81.5 Å². The van der Waals surface area contributed by atoms with E-state index in [0.717, 1.165) is 12.0 Å². The van der Waals surface area contributed by atoms with E-state index in [0.29, 0.717) is 12.0 Å². The van der Waals surface area contributed by atoms with Crippen LogP contribution in [0.3, 0.4) is 0 Å². The largest absolute Gasteiger partial charge is 0.459 e. The van der Waals surface area contributed by atoms with E-state index in [2.05, 4.69) is 4.98 Å². The van der Waals surface area contributed by atoms with Crippen molar-refractivity contribution in [2.45, 2.75) is 70.2 Å². The number of nitrogens with zero attached hydrogens (tertiary/aromatic N) is 3. The summed E-state index contributed by atoms with van der Waals surface area (Å²) in [5.41, 5.74) is 0.898. The molecule has 1 aromatic heterocycles. The number of hydrogen-bond acceptors (Lipinski definition) is 5. The van der Waals surface area contributed by atoms with Gasteiger partial charge in [0, 0.05) is 18.8 Å². The maximum absolute atomic E-state index is 13.4. The van der Waals surface area contributed by atoms with E-state index in [1.54, 1.807) is 31.4 Å². The van der Waals surface area contributed by atoms with Gasteiger partial charge in [-0.25, -0.2) is 18.2 Å². The molecule has 2 unspecified atom stereocenters. The van der Waals surface area contributed by atoms with Gasteiger partial charge >= 0.3 is 5.97 Å². The van der Waals surface area contributed by atoms with Crippen molar-refractivity contribution < 1.29 is 17.9 Å². The van der Waals surface area contributed by atoms with Crippen LogP contribution in [-0.4, -0.2) is 40.4 Å². The molecule has 0 bridgehead atoms. The third-order valence-electron chi connectivity index (χ3n) is 5.12. The van der Waals surface area contributed by atoms with Crippen molar-refractivity contribution in [3.05, 3.63) is 47.9 Å². The quantitative estimate of drug-likeness (QED) is 0.693. The molecule has 0 aliphatic carbocycles. The normalized spacial score (nSPS) is 18.9. The number of rotatable bonds is 5. The standard InChI is InChI=1S/C21H29N3O4S/c1-6-15(2)23-13-18(22-14-23)29(26,27)24-12-11-16-9-7-8-10-17(16)19(24)20(25)28-21(3,4)5/h7-10,13-15,19H,6,11-12H2,1-5H3. The highest BCUT2D eigenvalue weighted by atomic mass is 32.2. The van der Waals surface area contributed by atoms with Gasteiger partial charge in [0.1, 0.15) is 11.6 Å². The van der Waals surface area contributed by atoms with Crippen molar-refractivity contribution in [3.8, 4) is 0 Å². The summed E-state index contributed by atoms with van der Waals surface area (Å²) in [5.74, 6) is -0.574. The Morgan fingerprint density at radius 1 is 1.31 bits per heavy atom. The summed E-state index contributed by atoms with van der Waals surface area (Å²) >= 11 is 0. The summed E-state index contributed by atoms with van der Waals surface area (Å²) < 4.78 is 35.5. The average Bonchev–Trinajstić information content (AvgIpc) is 3.16. The lowest BCUT2D eigenvalue weighted by molar-refractivity contribution is -0.160. The van der Waals surface area contributed by atoms with E-state index < -0.39 is 27.6 Å². The predicted octanol–water partition coefficient (Wildman–Crippen LogP) is 3.48. The Hall–Kier alpha value is -2.19.